The molecule has 3 aromatic rings. The summed E-state index contributed by atoms with van der Waals surface area (Å²) in [5, 5.41) is 8.86. The van der Waals surface area contributed by atoms with Crippen LogP contribution in [-0.4, -0.2) is 23.8 Å². The molecule has 136 valence electrons. The fourth-order valence-electron chi connectivity index (χ4n) is 2.93. The Labute approximate surface area is 158 Å². The number of aromatic nitrogens is 1. The molecule has 1 amide bonds. The summed E-state index contributed by atoms with van der Waals surface area (Å²) < 4.78 is 16.3. The van der Waals surface area contributed by atoms with Crippen LogP contribution in [0.1, 0.15) is 6.92 Å². The van der Waals surface area contributed by atoms with Crippen LogP contribution < -0.4 is 24.8 Å². The first-order valence-corrected chi connectivity index (χ1v) is 9.28. The molecule has 2 aliphatic rings. The van der Waals surface area contributed by atoms with Gasteiger partial charge in [0, 0.05) is 22.7 Å². The summed E-state index contributed by atoms with van der Waals surface area (Å²) in [4.78, 5) is 16.4. The molecule has 1 unspecified atom stereocenters. The number of nitrogens with one attached hydrogen (secondary N) is 2. The summed E-state index contributed by atoms with van der Waals surface area (Å²) >= 11 is 1.50. The van der Waals surface area contributed by atoms with Crippen molar-refractivity contribution in [2.45, 2.75) is 13.0 Å². The fourth-order valence-corrected chi connectivity index (χ4v) is 3.67. The third kappa shape index (κ3) is 2.93. The lowest BCUT2D eigenvalue weighted by molar-refractivity contribution is -0.122. The summed E-state index contributed by atoms with van der Waals surface area (Å²) in [6.07, 6.45) is -0.486. The average Bonchev–Trinajstić information content (AvgIpc) is 3.31. The van der Waals surface area contributed by atoms with Gasteiger partial charge >= 0.3 is 0 Å². The molecule has 0 spiro atoms. The van der Waals surface area contributed by atoms with E-state index < -0.39 is 6.10 Å². The van der Waals surface area contributed by atoms with Gasteiger partial charge in [-0.15, -0.1) is 11.3 Å². The van der Waals surface area contributed by atoms with E-state index in [0.29, 0.717) is 11.4 Å². The summed E-state index contributed by atoms with van der Waals surface area (Å²) in [6.45, 7) is 1.97. The minimum absolute atomic E-state index is 0.150. The van der Waals surface area contributed by atoms with Crippen LogP contribution in [0.5, 0.6) is 17.2 Å². The molecule has 0 saturated heterocycles. The Morgan fingerprint density at radius 1 is 1.15 bits per heavy atom. The first-order chi connectivity index (χ1) is 13.2. The number of nitrogens with zero attached hydrogens (tertiary/aromatic N) is 1. The van der Waals surface area contributed by atoms with Gasteiger partial charge in [-0.05, 0) is 37.3 Å². The summed E-state index contributed by atoms with van der Waals surface area (Å²) in [7, 11) is 0. The van der Waals surface area contributed by atoms with Crippen molar-refractivity contribution in [3.63, 3.8) is 0 Å². The van der Waals surface area contributed by atoms with Crippen molar-refractivity contribution in [3.8, 4) is 28.5 Å². The molecule has 0 aliphatic carbocycles. The molecule has 3 heterocycles. The Hall–Kier alpha value is -3.26. The van der Waals surface area contributed by atoms with E-state index in [4.69, 9.17) is 14.2 Å². The molecule has 1 atom stereocenters. The van der Waals surface area contributed by atoms with Crippen molar-refractivity contribution in [1.29, 1.82) is 0 Å². The van der Waals surface area contributed by atoms with Crippen LogP contribution in [0.3, 0.4) is 0 Å². The topological polar surface area (TPSA) is 81.7 Å². The number of hydrogen-bond acceptors (Lipinski definition) is 7. The highest BCUT2D eigenvalue weighted by atomic mass is 32.1. The highest BCUT2D eigenvalue weighted by molar-refractivity contribution is 7.14. The smallest absolute Gasteiger partial charge is 0.265 e. The second kappa shape index (κ2) is 6.17. The van der Waals surface area contributed by atoms with Crippen molar-refractivity contribution in [1.82, 2.24) is 4.98 Å². The molecule has 0 radical (unpaired) electrons. The van der Waals surface area contributed by atoms with Crippen molar-refractivity contribution >= 4 is 33.8 Å². The molecular weight excluding hydrogens is 366 g/mol. The maximum Gasteiger partial charge on any atom is 0.265 e. The Balaban J connectivity index is 1.38. The Kier molecular flexibility index (Phi) is 3.64. The zero-order chi connectivity index (χ0) is 18.4. The second-order valence-electron chi connectivity index (χ2n) is 6.19. The molecule has 0 fully saturated rings. The van der Waals surface area contributed by atoms with Gasteiger partial charge in [0.05, 0.1) is 11.4 Å². The number of anilines is 3. The predicted octanol–water partition coefficient (Wildman–Crippen LogP) is 4.00. The molecule has 1 aromatic heterocycles. The molecule has 2 aromatic carbocycles. The normalized spacial score (nSPS) is 17.1. The Morgan fingerprint density at radius 3 is 2.93 bits per heavy atom. The predicted molar refractivity (Wildman–Crippen MR) is 102 cm³/mol. The van der Waals surface area contributed by atoms with Crippen molar-refractivity contribution < 1.29 is 19.0 Å². The summed E-state index contributed by atoms with van der Waals surface area (Å²) in [5.74, 6) is 1.98. The zero-order valence-corrected chi connectivity index (χ0v) is 15.1. The van der Waals surface area contributed by atoms with Gasteiger partial charge in [0.1, 0.15) is 5.75 Å². The van der Waals surface area contributed by atoms with Crippen LogP contribution in [0.15, 0.2) is 41.8 Å². The number of thiazole rings is 1. The van der Waals surface area contributed by atoms with Gasteiger partial charge in [-0.2, -0.15) is 0 Å². The lowest BCUT2D eigenvalue weighted by Crippen LogP contribution is -2.34. The van der Waals surface area contributed by atoms with Gasteiger partial charge in [0.2, 0.25) is 6.79 Å². The molecule has 5 rings (SSSR count). The Bertz CT molecular complexity index is 1050. The van der Waals surface area contributed by atoms with E-state index in [1.165, 1.54) is 11.3 Å². The molecule has 27 heavy (non-hydrogen) atoms. The van der Waals surface area contributed by atoms with Gasteiger partial charge in [0.15, 0.2) is 22.7 Å². The highest BCUT2D eigenvalue weighted by Gasteiger charge is 2.24. The lowest BCUT2D eigenvalue weighted by atomic mass is 10.1. The second-order valence-corrected chi connectivity index (χ2v) is 7.05. The van der Waals surface area contributed by atoms with Crippen LogP contribution >= 0.6 is 11.3 Å². The number of ether oxygens (including phenoxy) is 3. The molecule has 2 aliphatic heterocycles. The third-order valence-corrected chi connectivity index (χ3v) is 5.09. The fraction of sp³-hybridized carbons (Fsp3) is 0.158. The lowest BCUT2D eigenvalue weighted by Gasteiger charge is -2.23. The van der Waals surface area contributed by atoms with E-state index in [0.717, 1.165) is 33.6 Å². The molecule has 0 saturated carbocycles. The minimum atomic E-state index is -0.486. The molecular formula is C19H15N3O4S. The zero-order valence-electron chi connectivity index (χ0n) is 14.3. The summed E-state index contributed by atoms with van der Waals surface area (Å²) in [5.41, 5.74) is 3.26. The monoisotopic (exact) mass is 381 g/mol. The number of carbonyl (C=O) groups excluding carboxylic acids is 1. The standard InChI is InChI=1S/C19H15N3O4S/c1-10-18(23)21-13-6-11(2-4-15(13)26-10)14-8-27-19(22-14)20-12-3-5-16-17(7-12)25-9-24-16/h2-8,10H,9H2,1H3,(H,20,22)(H,21,23). The molecule has 0 bridgehead atoms. The van der Waals surface area contributed by atoms with Crippen molar-refractivity contribution in [2.24, 2.45) is 0 Å². The van der Waals surface area contributed by atoms with E-state index in [2.05, 4.69) is 15.6 Å². The van der Waals surface area contributed by atoms with Gasteiger partial charge in [-0.1, -0.05) is 0 Å². The maximum absolute atomic E-state index is 11.8. The molecule has 8 heteroatoms. The van der Waals surface area contributed by atoms with Crippen LogP contribution in [-0.2, 0) is 4.79 Å². The average molecular weight is 381 g/mol. The first kappa shape index (κ1) is 16.0. The number of fused-ring (bicyclic) bond motifs is 2. The highest BCUT2D eigenvalue weighted by Crippen LogP contribution is 2.37. The van der Waals surface area contributed by atoms with Crippen molar-refractivity contribution in [2.75, 3.05) is 17.4 Å². The third-order valence-electron chi connectivity index (χ3n) is 4.33. The van der Waals surface area contributed by atoms with Gasteiger partial charge in [0.25, 0.3) is 5.91 Å². The first-order valence-electron chi connectivity index (χ1n) is 8.40. The minimum Gasteiger partial charge on any atom is -0.479 e. The molecule has 2 N–H and O–H groups in total. The quantitative estimate of drug-likeness (QED) is 0.714. The van der Waals surface area contributed by atoms with Crippen LogP contribution in [0.2, 0.25) is 0 Å². The van der Waals surface area contributed by atoms with Gasteiger partial charge in [-0.3, -0.25) is 4.79 Å². The number of benzene rings is 2. The van der Waals surface area contributed by atoms with Gasteiger partial charge < -0.3 is 24.8 Å². The van der Waals surface area contributed by atoms with Crippen LogP contribution in [0.4, 0.5) is 16.5 Å². The van der Waals surface area contributed by atoms with E-state index in [1.54, 1.807) is 6.92 Å². The number of amides is 1. The molecule has 7 nitrogen and oxygen atoms in total. The van der Waals surface area contributed by atoms with E-state index in [9.17, 15) is 4.79 Å². The van der Waals surface area contributed by atoms with E-state index in [-0.39, 0.29) is 12.7 Å². The Morgan fingerprint density at radius 2 is 2.00 bits per heavy atom. The number of rotatable bonds is 3. The van der Waals surface area contributed by atoms with E-state index >= 15 is 0 Å². The number of carbonyl (C=O) groups is 1. The number of hydrogen-bond donors (Lipinski definition) is 2. The largest absolute Gasteiger partial charge is 0.479 e. The van der Waals surface area contributed by atoms with Crippen molar-refractivity contribution in [3.05, 3.63) is 41.8 Å². The van der Waals surface area contributed by atoms with Crippen LogP contribution in [0, 0.1) is 0 Å². The summed E-state index contributed by atoms with van der Waals surface area (Å²) in [6, 6.07) is 11.3. The maximum atomic E-state index is 11.8. The van der Waals surface area contributed by atoms with E-state index in [1.807, 2.05) is 41.8 Å². The van der Waals surface area contributed by atoms with Gasteiger partial charge in [-0.25, -0.2) is 4.98 Å². The SMILES string of the molecule is CC1Oc2ccc(-c3csc(Nc4ccc5c(c4)OCO5)n3)cc2NC1=O. The van der Waals surface area contributed by atoms with Crippen LogP contribution in [0.25, 0.3) is 11.3 Å².